The van der Waals surface area contributed by atoms with Crippen LogP contribution in [0.15, 0.2) is 24.3 Å². The molecule has 1 aromatic rings. The van der Waals surface area contributed by atoms with E-state index in [2.05, 4.69) is 5.48 Å². The molecule has 0 radical (unpaired) electrons. The van der Waals surface area contributed by atoms with Crippen LogP contribution in [0, 0.1) is 0 Å². The Morgan fingerprint density at radius 1 is 1.13 bits per heavy atom. The van der Waals surface area contributed by atoms with Crippen LogP contribution in [0.1, 0.15) is 31.9 Å². The molecule has 1 aromatic carbocycles. The molecule has 2 N–H and O–H groups in total. The third-order valence-corrected chi connectivity index (χ3v) is 1.86. The minimum Gasteiger partial charge on any atom is -0.392 e. The number of hydroxylamine groups is 1. The molecule has 15 heavy (non-hydrogen) atoms. The van der Waals surface area contributed by atoms with Crippen LogP contribution < -0.4 is 5.48 Å². The van der Waals surface area contributed by atoms with Crippen molar-refractivity contribution in [2.45, 2.75) is 39.5 Å². The Hall–Kier alpha value is -0.900. The van der Waals surface area contributed by atoms with Crippen LogP contribution in [0.2, 0.25) is 0 Å². The van der Waals surface area contributed by atoms with Crippen molar-refractivity contribution < 1.29 is 9.94 Å². The lowest BCUT2D eigenvalue weighted by Gasteiger charge is -2.19. The first-order chi connectivity index (χ1) is 7.01. The molecule has 0 atom stereocenters. The highest BCUT2D eigenvalue weighted by Gasteiger charge is 2.09. The number of aliphatic hydroxyl groups excluding tert-OH is 1. The van der Waals surface area contributed by atoms with Gasteiger partial charge in [0.2, 0.25) is 0 Å². The smallest absolute Gasteiger partial charge is 0.0813 e. The number of hydrogen-bond donors (Lipinski definition) is 2. The highest BCUT2D eigenvalue weighted by atomic mass is 16.7. The van der Waals surface area contributed by atoms with Gasteiger partial charge < -0.3 is 5.11 Å². The molecule has 0 amide bonds. The molecule has 0 saturated heterocycles. The van der Waals surface area contributed by atoms with E-state index in [0.717, 1.165) is 11.1 Å². The molecule has 84 valence electrons. The van der Waals surface area contributed by atoms with Gasteiger partial charge in [-0.2, -0.15) is 5.48 Å². The predicted molar refractivity (Wildman–Crippen MR) is 60.0 cm³/mol. The lowest BCUT2D eigenvalue weighted by molar-refractivity contribution is -0.0757. The van der Waals surface area contributed by atoms with E-state index in [1.54, 1.807) is 0 Å². The Morgan fingerprint density at radius 3 is 2.13 bits per heavy atom. The lowest BCUT2D eigenvalue weighted by Crippen LogP contribution is -2.28. The Kier molecular flexibility index (Phi) is 4.27. The fourth-order valence-electron chi connectivity index (χ4n) is 1.10. The van der Waals surface area contributed by atoms with Crippen molar-refractivity contribution in [2.75, 3.05) is 0 Å². The van der Waals surface area contributed by atoms with E-state index in [4.69, 9.17) is 9.94 Å². The number of hydrogen-bond acceptors (Lipinski definition) is 3. The Labute approximate surface area is 91.0 Å². The highest BCUT2D eigenvalue weighted by Crippen LogP contribution is 2.07. The van der Waals surface area contributed by atoms with E-state index in [1.807, 2.05) is 45.0 Å². The monoisotopic (exact) mass is 209 g/mol. The van der Waals surface area contributed by atoms with Crippen molar-refractivity contribution in [3.8, 4) is 0 Å². The molecule has 0 aliphatic heterocycles. The molecule has 0 spiro atoms. The molecule has 0 aliphatic rings. The Bertz CT molecular complexity index is 287. The molecule has 0 unspecified atom stereocenters. The standard InChI is InChI=1S/C12H19NO2/c1-12(2,3)15-13-8-10-4-6-11(9-14)7-5-10/h4-7,13-14H,8-9H2,1-3H3. The van der Waals surface area contributed by atoms with E-state index < -0.39 is 0 Å². The summed E-state index contributed by atoms with van der Waals surface area (Å²) in [4.78, 5) is 5.39. The molecule has 0 fully saturated rings. The van der Waals surface area contributed by atoms with Gasteiger partial charge in [0.05, 0.1) is 12.2 Å². The largest absolute Gasteiger partial charge is 0.392 e. The third-order valence-electron chi connectivity index (χ3n) is 1.86. The minimum atomic E-state index is -0.176. The fourth-order valence-corrected chi connectivity index (χ4v) is 1.10. The lowest BCUT2D eigenvalue weighted by atomic mass is 10.1. The summed E-state index contributed by atoms with van der Waals surface area (Å²) in [5, 5.41) is 8.87. The number of nitrogens with one attached hydrogen (secondary N) is 1. The summed E-state index contributed by atoms with van der Waals surface area (Å²) in [6.07, 6.45) is 0. The zero-order valence-corrected chi connectivity index (χ0v) is 9.58. The molecular formula is C12H19NO2. The first-order valence-corrected chi connectivity index (χ1v) is 5.11. The van der Waals surface area contributed by atoms with E-state index in [0.29, 0.717) is 6.54 Å². The summed E-state index contributed by atoms with van der Waals surface area (Å²) in [6.45, 7) is 6.74. The normalized spacial score (nSPS) is 11.7. The molecular weight excluding hydrogens is 190 g/mol. The molecule has 3 heteroatoms. The van der Waals surface area contributed by atoms with Gasteiger partial charge >= 0.3 is 0 Å². The average molecular weight is 209 g/mol. The summed E-state index contributed by atoms with van der Waals surface area (Å²) >= 11 is 0. The predicted octanol–water partition coefficient (Wildman–Crippen LogP) is 2.00. The van der Waals surface area contributed by atoms with E-state index in [1.165, 1.54) is 0 Å². The van der Waals surface area contributed by atoms with Crippen LogP contribution >= 0.6 is 0 Å². The van der Waals surface area contributed by atoms with Crippen LogP contribution in [-0.4, -0.2) is 10.7 Å². The summed E-state index contributed by atoms with van der Waals surface area (Å²) < 4.78 is 0. The Morgan fingerprint density at radius 2 is 1.67 bits per heavy atom. The van der Waals surface area contributed by atoms with Crippen LogP contribution in [0.5, 0.6) is 0 Å². The first-order valence-electron chi connectivity index (χ1n) is 5.11. The second-order valence-corrected chi connectivity index (χ2v) is 4.51. The number of benzene rings is 1. The maximum atomic E-state index is 8.87. The van der Waals surface area contributed by atoms with Crippen LogP contribution in [0.3, 0.4) is 0 Å². The second-order valence-electron chi connectivity index (χ2n) is 4.51. The summed E-state index contributed by atoms with van der Waals surface area (Å²) in [5.41, 5.74) is 4.80. The molecule has 0 saturated carbocycles. The van der Waals surface area contributed by atoms with Gasteiger partial charge in [0.1, 0.15) is 0 Å². The summed E-state index contributed by atoms with van der Waals surface area (Å²) in [6, 6.07) is 7.78. The van der Waals surface area contributed by atoms with Crippen molar-refractivity contribution in [3.05, 3.63) is 35.4 Å². The zero-order chi connectivity index (χ0) is 11.3. The summed E-state index contributed by atoms with van der Waals surface area (Å²) in [7, 11) is 0. The second kappa shape index (κ2) is 5.26. The number of rotatable bonds is 4. The average Bonchev–Trinajstić information content (AvgIpc) is 2.17. The molecule has 3 nitrogen and oxygen atoms in total. The topological polar surface area (TPSA) is 41.5 Å². The summed E-state index contributed by atoms with van der Waals surface area (Å²) in [5.74, 6) is 0. The van der Waals surface area contributed by atoms with Gasteiger partial charge in [0.15, 0.2) is 0 Å². The molecule has 0 aromatic heterocycles. The van der Waals surface area contributed by atoms with Crippen molar-refractivity contribution in [1.82, 2.24) is 5.48 Å². The van der Waals surface area contributed by atoms with Gasteiger partial charge in [-0.3, -0.25) is 4.84 Å². The van der Waals surface area contributed by atoms with Gasteiger partial charge in [-0.1, -0.05) is 24.3 Å². The van der Waals surface area contributed by atoms with Crippen LogP contribution in [-0.2, 0) is 18.0 Å². The van der Waals surface area contributed by atoms with Crippen molar-refractivity contribution in [1.29, 1.82) is 0 Å². The number of aliphatic hydroxyl groups is 1. The minimum absolute atomic E-state index is 0.0895. The van der Waals surface area contributed by atoms with E-state index in [9.17, 15) is 0 Å². The Balaban J connectivity index is 2.38. The molecule has 0 aliphatic carbocycles. The van der Waals surface area contributed by atoms with Crippen molar-refractivity contribution in [2.24, 2.45) is 0 Å². The van der Waals surface area contributed by atoms with Gasteiger partial charge in [0, 0.05) is 6.54 Å². The van der Waals surface area contributed by atoms with Gasteiger partial charge in [-0.25, -0.2) is 0 Å². The maximum absolute atomic E-state index is 8.87. The molecule has 0 bridgehead atoms. The van der Waals surface area contributed by atoms with Gasteiger partial charge in [-0.05, 0) is 31.9 Å². The molecule has 1 rings (SSSR count). The third kappa shape index (κ3) is 4.93. The van der Waals surface area contributed by atoms with Crippen molar-refractivity contribution >= 4 is 0 Å². The highest BCUT2D eigenvalue weighted by molar-refractivity contribution is 5.21. The zero-order valence-electron chi connectivity index (χ0n) is 9.58. The van der Waals surface area contributed by atoms with Crippen molar-refractivity contribution in [3.63, 3.8) is 0 Å². The maximum Gasteiger partial charge on any atom is 0.0813 e. The van der Waals surface area contributed by atoms with Gasteiger partial charge in [-0.15, -0.1) is 0 Å². The molecule has 0 heterocycles. The van der Waals surface area contributed by atoms with Gasteiger partial charge in [0.25, 0.3) is 0 Å². The van der Waals surface area contributed by atoms with Crippen LogP contribution in [0.4, 0.5) is 0 Å². The van der Waals surface area contributed by atoms with E-state index >= 15 is 0 Å². The SMILES string of the molecule is CC(C)(C)ONCc1ccc(CO)cc1. The fraction of sp³-hybridized carbons (Fsp3) is 0.500. The van der Waals surface area contributed by atoms with E-state index in [-0.39, 0.29) is 12.2 Å². The quantitative estimate of drug-likeness (QED) is 0.745. The van der Waals surface area contributed by atoms with Crippen LogP contribution in [0.25, 0.3) is 0 Å². The first kappa shape index (κ1) is 12.2.